The molecule has 5 nitrogen and oxygen atoms in total. The third-order valence-electron chi connectivity index (χ3n) is 5.68. The van der Waals surface area contributed by atoms with Crippen LogP contribution in [0.1, 0.15) is 50.3 Å². The van der Waals surface area contributed by atoms with Crippen LogP contribution < -0.4 is 5.32 Å². The fourth-order valence-electron chi connectivity index (χ4n) is 4.08. The van der Waals surface area contributed by atoms with Gasteiger partial charge in [0, 0.05) is 6.04 Å². The van der Waals surface area contributed by atoms with E-state index in [-0.39, 0.29) is 41.5 Å². The van der Waals surface area contributed by atoms with Gasteiger partial charge in [0.25, 0.3) is 0 Å². The Labute approximate surface area is 150 Å². The molecule has 1 saturated heterocycles. The van der Waals surface area contributed by atoms with Crippen molar-refractivity contribution in [3.8, 4) is 0 Å². The van der Waals surface area contributed by atoms with E-state index in [1.165, 1.54) is 11.1 Å². The summed E-state index contributed by atoms with van der Waals surface area (Å²) in [6.45, 7) is 4.73. The van der Waals surface area contributed by atoms with Crippen molar-refractivity contribution in [3.63, 3.8) is 0 Å². The number of amides is 1. The Balaban J connectivity index is 1.64. The standard InChI is InChI=1S/C19H28N2O3S/c1-19(2)10-8-17(15-6-4-5-7-16(15)19)20-18(22)12-21(3)14-9-11-25(23,24)13-14/h4-7,14,17H,8-13H2,1-3H3,(H,20,22)/t14-,17+/m1/s1. The monoisotopic (exact) mass is 364 g/mol. The maximum Gasteiger partial charge on any atom is 0.234 e. The molecule has 1 fully saturated rings. The largest absolute Gasteiger partial charge is 0.348 e. The lowest BCUT2D eigenvalue weighted by molar-refractivity contribution is -0.123. The molecule has 3 rings (SSSR count). The summed E-state index contributed by atoms with van der Waals surface area (Å²) in [5.41, 5.74) is 2.65. The molecule has 1 N–H and O–H groups in total. The molecule has 0 unspecified atom stereocenters. The van der Waals surface area contributed by atoms with Crippen LogP contribution in [0.25, 0.3) is 0 Å². The molecule has 1 aromatic carbocycles. The molecule has 2 aliphatic rings. The van der Waals surface area contributed by atoms with Gasteiger partial charge in [-0.3, -0.25) is 9.69 Å². The fraction of sp³-hybridized carbons (Fsp3) is 0.632. The van der Waals surface area contributed by atoms with Gasteiger partial charge in [0.15, 0.2) is 9.84 Å². The molecule has 0 radical (unpaired) electrons. The molecule has 0 aromatic heterocycles. The van der Waals surface area contributed by atoms with Crippen molar-refractivity contribution < 1.29 is 13.2 Å². The summed E-state index contributed by atoms with van der Waals surface area (Å²) in [7, 11) is -1.09. The van der Waals surface area contributed by atoms with E-state index in [4.69, 9.17) is 0 Å². The van der Waals surface area contributed by atoms with E-state index in [0.29, 0.717) is 6.42 Å². The molecule has 0 bridgehead atoms. The third kappa shape index (κ3) is 4.06. The van der Waals surface area contributed by atoms with E-state index >= 15 is 0 Å². The van der Waals surface area contributed by atoms with Gasteiger partial charge in [-0.15, -0.1) is 0 Å². The predicted octanol–water partition coefficient (Wildman–Crippen LogP) is 2.03. The highest BCUT2D eigenvalue weighted by atomic mass is 32.2. The highest BCUT2D eigenvalue weighted by molar-refractivity contribution is 7.91. The Morgan fingerprint density at radius 2 is 2.00 bits per heavy atom. The van der Waals surface area contributed by atoms with Gasteiger partial charge in [0.2, 0.25) is 5.91 Å². The summed E-state index contributed by atoms with van der Waals surface area (Å²) in [5.74, 6) is 0.359. The van der Waals surface area contributed by atoms with Gasteiger partial charge in [-0.25, -0.2) is 8.42 Å². The average molecular weight is 365 g/mol. The molecule has 6 heteroatoms. The normalized spacial score (nSPS) is 27.0. The molecule has 25 heavy (non-hydrogen) atoms. The summed E-state index contributed by atoms with van der Waals surface area (Å²) in [4.78, 5) is 14.4. The van der Waals surface area contributed by atoms with Gasteiger partial charge >= 0.3 is 0 Å². The topological polar surface area (TPSA) is 66.5 Å². The highest BCUT2D eigenvalue weighted by Crippen LogP contribution is 2.41. The summed E-state index contributed by atoms with van der Waals surface area (Å²) in [5, 5.41) is 3.16. The lowest BCUT2D eigenvalue weighted by Crippen LogP contribution is -2.43. The van der Waals surface area contributed by atoms with E-state index in [1.54, 1.807) is 0 Å². The van der Waals surface area contributed by atoms with E-state index in [1.807, 2.05) is 18.0 Å². The number of nitrogens with zero attached hydrogens (tertiary/aromatic N) is 1. The minimum absolute atomic E-state index is 0.0358. The molecular weight excluding hydrogens is 336 g/mol. The number of likely N-dealkylation sites (N-methyl/N-ethyl adjacent to an activating group) is 1. The van der Waals surface area contributed by atoms with Crippen LogP contribution in [0.5, 0.6) is 0 Å². The molecule has 1 aromatic rings. The first-order chi connectivity index (χ1) is 11.7. The molecule has 0 saturated carbocycles. The second-order valence-corrected chi connectivity index (χ2v) is 10.3. The van der Waals surface area contributed by atoms with Crippen molar-refractivity contribution >= 4 is 15.7 Å². The van der Waals surface area contributed by atoms with Crippen LogP contribution in [-0.4, -0.2) is 50.4 Å². The lowest BCUT2D eigenvalue weighted by atomic mass is 9.71. The number of sulfone groups is 1. The van der Waals surface area contributed by atoms with Crippen LogP contribution in [0, 0.1) is 0 Å². The van der Waals surface area contributed by atoms with Crippen molar-refractivity contribution in [1.82, 2.24) is 10.2 Å². The lowest BCUT2D eigenvalue weighted by Gasteiger charge is -2.37. The number of carbonyl (C=O) groups excluding carboxylic acids is 1. The van der Waals surface area contributed by atoms with Gasteiger partial charge in [0.05, 0.1) is 24.1 Å². The van der Waals surface area contributed by atoms with Crippen molar-refractivity contribution in [1.29, 1.82) is 0 Å². The van der Waals surface area contributed by atoms with Gasteiger partial charge in [-0.2, -0.15) is 0 Å². The first-order valence-corrected chi connectivity index (χ1v) is 10.8. The molecule has 138 valence electrons. The van der Waals surface area contributed by atoms with Crippen molar-refractivity contribution in [2.75, 3.05) is 25.1 Å². The number of fused-ring (bicyclic) bond motifs is 1. The summed E-state index contributed by atoms with van der Waals surface area (Å²) < 4.78 is 23.2. The van der Waals surface area contributed by atoms with Crippen molar-refractivity contribution in [3.05, 3.63) is 35.4 Å². The zero-order valence-corrected chi connectivity index (χ0v) is 16.1. The molecule has 1 amide bonds. The van der Waals surface area contributed by atoms with Crippen LogP contribution in [-0.2, 0) is 20.0 Å². The second-order valence-electron chi connectivity index (χ2n) is 8.10. The van der Waals surface area contributed by atoms with Gasteiger partial charge in [-0.1, -0.05) is 38.1 Å². The maximum atomic E-state index is 12.5. The van der Waals surface area contributed by atoms with Crippen LogP contribution in [0.15, 0.2) is 24.3 Å². The van der Waals surface area contributed by atoms with Gasteiger partial charge in [-0.05, 0) is 42.9 Å². The van der Waals surface area contributed by atoms with E-state index in [0.717, 1.165) is 12.8 Å². The number of benzene rings is 1. The number of nitrogens with one attached hydrogen (secondary N) is 1. The Morgan fingerprint density at radius 1 is 1.28 bits per heavy atom. The smallest absolute Gasteiger partial charge is 0.234 e. The molecule has 1 aliphatic carbocycles. The van der Waals surface area contributed by atoms with Crippen LogP contribution >= 0.6 is 0 Å². The third-order valence-corrected chi connectivity index (χ3v) is 7.43. The number of rotatable bonds is 4. The summed E-state index contributed by atoms with van der Waals surface area (Å²) in [6, 6.07) is 8.33. The first kappa shape index (κ1) is 18.4. The van der Waals surface area contributed by atoms with Gasteiger partial charge in [0.1, 0.15) is 0 Å². The Kier molecular flexibility index (Phi) is 4.95. The zero-order valence-electron chi connectivity index (χ0n) is 15.3. The highest BCUT2D eigenvalue weighted by Gasteiger charge is 2.34. The number of hydrogen-bond donors (Lipinski definition) is 1. The number of hydrogen-bond acceptors (Lipinski definition) is 4. The Bertz CT molecular complexity index is 758. The maximum absolute atomic E-state index is 12.5. The fourth-order valence-corrected chi connectivity index (χ4v) is 5.89. The summed E-state index contributed by atoms with van der Waals surface area (Å²) >= 11 is 0. The van der Waals surface area contributed by atoms with E-state index < -0.39 is 9.84 Å². The van der Waals surface area contributed by atoms with Gasteiger partial charge < -0.3 is 5.32 Å². The average Bonchev–Trinajstić information content (AvgIpc) is 2.91. The van der Waals surface area contributed by atoms with Crippen molar-refractivity contribution in [2.45, 2.75) is 50.6 Å². The van der Waals surface area contributed by atoms with Crippen molar-refractivity contribution in [2.24, 2.45) is 0 Å². The van der Waals surface area contributed by atoms with E-state index in [2.05, 4.69) is 37.4 Å². The molecule has 1 aliphatic heterocycles. The summed E-state index contributed by atoms with van der Waals surface area (Å²) in [6.07, 6.45) is 2.58. The van der Waals surface area contributed by atoms with Crippen LogP contribution in [0.3, 0.4) is 0 Å². The molecule has 2 atom stereocenters. The van der Waals surface area contributed by atoms with Crippen LogP contribution in [0.4, 0.5) is 0 Å². The molecular formula is C19H28N2O3S. The quantitative estimate of drug-likeness (QED) is 0.888. The molecule has 1 heterocycles. The van der Waals surface area contributed by atoms with Crippen LogP contribution in [0.2, 0.25) is 0 Å². The molecule has 0 spiro atoms. The minimum Gasteiger partial charge on any atom is -0.348 e. The first-order valence-electron chi connectivity index (χ1n) is 8.97. The van der Waals surface area contributed by atoms with E-state index in [9.17, 15) is 13.2 Å². The predicted molar refractivity (Wildman–Crippen MR) is 99.3 cm³/mol. The second kappa shape index (κ2) is 6.72. The SMILES string of the molecule is CN(CC(=O)N[C@H]1CCC(C)(C)c2ccccc21)[C@@H]1CCS(=O)(=O)C1. The number of carbonyl (C=O) groups is 1. The Hall–Kier alpha value is -1.40. The minimum atomic E-state index is -2.93. The zero-order chi connectivity index (χ0) is 18.2. The Morgan fingerprint density at radius 3 is 2.68 bits per heavy atom.